The molecule has 12 heteroatoms. The Morgan fingerprint density at radius 3 is 1.80 bits per heavy atom. The number of ether oxygens (including phenoxy) is 3. The van der Waals surface area contributed by atoms with Crippen LogP contribution in [-0.4, -0.2) is 65.5 Å². The molecule has 5 aromatic carbocycles. The summed E-state index contributed by atoms with van der Waals surface area (Å²) >= 11 is 1.80. The number of methoxy groups -OCH3 is 1. The van der Waals surface area contributed by atoms with Gasteiger partial charge in [-0.1, -0.05) is 172 Å². The fourth-order valence-corrected chi connectivity index (χ4v) is 10.4. The Balaban J connectivity index is 0.974. The molecule has 0 fully saturated rings. The lowest BCUT2D eigenvalue weighted by Crippen LogP contribution is -2.47. The molecule has 2 N–H and O–H groups in total. The molecule has 1 aliphatic carbocycles. The van der Waals surface area contributed by atoms with Gasteiger partial charge in [-0.3, -0.25) is 4.79 Å². The molecule has 2 amide bonds. The number of rotatable bonds is 20. The van der Waals surface area contributed by atoms with Gasteiger partial charge in [-0.2, -0.15) is 0 Å². The van der Waals surface area contributed by atoms with E-state index in [-0.39, 0.29) is 43.0 Å². The molecule has 2 aromatic heterocycles. The van der Waals surface area contributed by atoms with E-state index in [1.165, 1.54) is 7.11 Å². The molecule has 2 atom stereocenters. The lowest BCUT2D eigenvalue weighted by molar-refractivity contribution is -0.151. The van der Waals surface area contributed by atoms with Crippen molar-refractivity contribution in [2.45, 2.75) is 56.0 Å². The second-order valence-electron chi connectivity index (χ2n) is 17.4. The number of carbonyl (C=O) groups is 4. The Morgan fingerprint density at radius 1 is 0.676 bits per heavy atom. The van der Waals surface area contributed by atoms with Crippen molar-refractivity contribution in [3.8, 4) is 22.5 Å². The minimum atomic E-state index is -1.07. The third-order valence-electron chi connectivity index (χ3n) is 12.4. The van der Waals surface area contributed by atoms with Crippen molar-refractivity contribution in [1.29, 1.82) is 0 Å². The van der Waals surface area contributed by atoms with Gasteiger partial charge in [0.05, 0.1) is 41.9 Å². The molecule has 0 bridgehead atoms. The number of benzene rings is 5. The third kappa shape index (κ3) is 12.0. The van der Waals surface area contributed by atoms with Gasteiger partial charge in [-0.25, -0.2) is 24.4 Å². The average Bonchev–Trinajstić information content (AvgIpc) is 3.73. The molecule has 0 saturated carbocycles. The van der Waals surface area contributed by atoms with Crippen molar-refractivity contribution in [2.75, 3.05) is 19.5 Å². The summed E-state index contributed by atoms with van der Waals surface area (Å²) in [7, 11) is 1.29. The predicted octanol–water partition coefficient (Wildman–Crippen LogP) is 11.1. The van der Waals surface area contributed by atoms with E-state index in [0.29, 0.717) is 29.3 Å². The molecule has 8 rings (SSSR count). The summed E-state index contributed by atoms with van der Waals surface area (Å²) in [5.41, 5.74) is 9.46. The number of pyridine rings is 2. The first-order valence-corrected chi connectivity index (χ1v) is 24.7. The lowest BCUT2D eigenvalue weighted by Gasteiger charge is -2.35. The molecule has 0 saturated heterocycles. The summed E-state index contributed by atoms with van der Waals surface area (Å²) in [5, 5.41) is 5.69. The molecule has 2 heterocycles. The summed E-state index contributed by atoms with van der Waals surface area (Å²) in [6.45, 7) is 3.77. The number of hydrogen-bond donors (Lipinski definition) is 2. The first-order valence-electron chi connectivity index (χ1n) is 23.7. The van der Waals surface area contributed by atoms with Gasteiger partial charge < -0.3 is 24.8 Å². The number of alkyl carbamates (subject to hydrolysis) is 1. The maximum absolute atomic E-state index is 14.1. The molecule has 1 aliphatic rings. The van der Waals surface area contributed by atoms with Gasteiger partial charge >= 0.3 is 18.0 Å². The average molecular weight is 965 g/mol. The molecule has 0 aliphatic heterocycles. The quantitative estimate of drug-likeness (QED) is 0.0249. The first kappa shape index (κ1) is 49.6. The van der Waals surface area contributed by atoms with Gasteiger partial charge in [-0.05, 0) is 87.4 Å². The van der Waals surface area contributed by atoms with Gasteiger partial charge in [0.1, 0.15) is 24.4 Å². The van der Waals surface area contributed by atoms with Crippen molar-refractivity contribution < 1.29 is 33.4 Å². The van der Waals surface area contributed by atoms with Crippen LogP contribution in [0.3, 0.4) is 0 Å². The molecule has 0 radical (unpaired) electrons. The summed E-state index contributed by atoms with van der Waals surface area (Å²) < 4.78 is 16.2. The highest BCUT2D eigenvalue weighted by Gasteiger charge is 2.37. The number of fused-ring (bicyclic) bond motifs is 3. The van der Waals surface area contributed by atoms with Crippen molar-refractivity contribution in [3.05, 3.63) is 227 Å². The number of esters is 2. The Labute approximate surface area is 419 Å². The number of hydrogen-bond acceptors (Lipinski definition) is 10. The highest BCUT2D eigenvalue weighted by atomic mass is 32.2. The van der Waals surface area contributed by atoms with Crippen LogP contribution < -0.4 is 10.6 Å². The zero-order valence-corrected chi connectivity index (χ0v) is 40.7. The summed E-state index contributed by atoms with van der Waals surface area (Å²) in [6.07, 6.45) is 2.34. The van der Waals surface area contributed by atoms with Gasteiger partial charge in [0, 0.05) is 5.92 Å². The van der Waals surface area contributed by atoms with E-state index in [9.17, 15) is 19.2 Å². The Kier molecular flexibility index (Phi) is 16.5. The van der Waals surface area contributed by atoms with E-state index in [1.54, 1.807) is 54.2 Å². The van der Waals surface area contributed by atoms with E-state index in [1.807, 2.05) is 74.5 Å². The van der Waals surface area contributed by atoms with Crippen molar-refractivity contribution in [3.63, 3.8) is 0 Å². The summed E-state index contributed by atoms with van der Waals surface area (Å²) in [6, 6.07) is 56.8. The number of amides is 2. The monoisotopic (exact) mass is 964 g/mol. The van der Waals surface area contributed by atoms with E-state index >= 15 is 0 Å². The van der Waals surface area contributed by atoms with Crippen LogP contribution in [0.5, 0.6) is 0 Å². The topological polar surface area (TPSA) is 146 Å². The maximum atomic E-state index is 14.1. The molecular weight excluding hydrogens is 909 g/mol. The molecule has 0 spiro atoms. The first-order chi connectivity index (χ1) is 34.6. The molecular formula is C59H56N4O7S. The number of nitrogens with one attached hydrogen (secondary N) is 2. The van der Waals surface area contributed by atoms with Gasteiger partial charge in [0.25, 0.3) is 0 Å². The van der Waals surface area contributed by atoms with Crippen LogP contribution in [0, 0.1) is 5.92 Å². The molecule has 11 nitrogen and oxygen atoms in total. The van der Waals surface area contributed by atoms with Crippen LogP contribution in [0.1, 0.15) is 76.6 Å². The second kappa shape index (κ2) is 23.7. The second-order valence-corrected chi connectivity index (χ2v) is 18.7. The summed E-state index contributed by atoms with van der Waals surface area (Å²) in [4.78, 5) is 62.6. The third-order valence-corrected chi connectivity index (χ3v) is 13.9. The zero-order valence-electron chi connectivity index (χ0n) is 39.9. The highest BCUT2D eigenvalue weighted by Crippen LogP contribution is 2.49. The predicted molar refractivity (Wildman–Crippen MR) is 277 cm³/mol. The Bertz CT molecular complexity index is 2830. The highest BCUT2D eigenvalue weighted by molar-refractivity contribution is 8.00. The lowest BCUT2D eigenvalue weighted by atomic mass is 9.84. The zero-order chi connectivity index (χ0) is 49.6. The van der Waals surface area contributed by atoms with Crippen molar-refractivity contribution in [2.24, 2.45) is 5.92 Å². The van der Waals surface area contributed by atoms with Crippen LogP contribution in [-0.2, 0) is 35.1 Å². The van der Waals surface area contributed by atoms with E-state index in [0.717, 1.165) is 38.9 Å². The number of thioether (sulfide) groups is 1. The Hall–Kier alpha value is -7.83. The minimum absolute atomic E-state index is 0.0723. The minimum Gasteiger partial charge on any atom is -0.464 e. The number of nitrogens with zero attached hydrogens (tertiary/aromatic N) is 2. The van der Waals surface area contributed by atoms with Gasteiger partial charge in [0.2, 0.25) is 5.91 Å². The normalized spacial score (nSPS) is 12.9. The van der Waals surface area contributed by atoms with Crippen LogP contribution in [0.4, 0.5) is 4.79 Å². The fraction of sp³-hybridized carbons (Fsp3) is 0.220. The number of carbonyl (C=O) groups excluding carboxylic acids is 4. The summed E-state index contributed by atoms with van der Waals surface area (Å²) in [5.74, 6) is -1.50. The smallest absolute Gasteiger partial charge is 0.407 e. The van der Waals surface area contributed by atoms with Crippen LogP contribution >= 0.6 is 11.8 Å². The molecule has 7 aromatic rings. The van der Waals surface area contributed by atoms with E-state index < -0.39 is 34.9 Å². The maximum Gasteiger partial charge on any atom is 0.407 e. The molecule has 71 heavy (non-hydrogen) atoms. The van der Waals surface area contributed by atoms with Gasteiger partial charge in [-0.15, -0.1) is 11.8 Å². The largest absolute Gasteiger partial charge is 0.464 e. The van der Waals surface area contributed by atoms with Crippen LogP contribution in [0.25, 0.3) is 22.5 Å². The van der Waals surface area contributed by atoms with Gasteiger partial charge in [0.15, 0.2) is 0 Å². The van der Waals surface area contributed by atoms with Crippen molar-refractivity contribution in [1.82, 2.24) is 20.6 Å². The Morgan fingerprint density at radius 2 is 1.23 bits per heavy atom. The standard InChI is InChI=1S/C59H56N4O7S/c1-40(2)55(63-58(67)69-39-50-48-31-15-13-29-46(48)47-30-14-16-32-49(47)50)57(66)70-45(37-54(64)60-38-44-27-19-33-51(61-44)52-34-20-35-53(62-52)56(65)68-3)28-17-18-36-71-59(41-21-7-4-8-22-41,42-23-9-5-10-24-42)43-25-11-6-12-26-43/h4-17,19-35,40,45,50,55H,18,36-39H2,1-3H3,(H,60,64)(H,63,67)/t45-,55-/m1/s1. The molecule has 360 valence electrons. The van der Waals surface area contributed by atoms with E-state index in [2.05, 4.69) is 106 Å². The van der Waals surface area contributed by atoms with E-state index in [4.69, 9.17) is 14.2 Å². The molecule has 0 unspecified atom stereocenters. The SMILES string of the molecule is COC(=O)c1cccc(-c2cccc(CNC(=O)C[C@@H](C=CCCSC(c3ccccc3)(c3ccccc3)c3ccccc3)OC(=O)[C@H](NC(=O)OCC3c4ccccc4-c4ccccc43)C(C)C)n2)n1. The van der Waals surface area contributed by atoms with Crippen LogP contribution in [0.15, 0.2) is 188 Å². The van der Waals surface area contributed by atoms with Crippen molar-refractivity contribution >= 4 is 35.7 Å². The fourth-order valence-electron chi connectivity index (χ4n) is 8.89. The number of aromatic nitrogens is 2. The number of allylic oxidation sites excluding steroid dienone is 1. The van der Waals surface area contributed by atoms with Crippen LogP contribution in [0.2, 0.25) is 0 Å².